The van der Waals surface area contributed by atoms with E-state index in [1.807, 2.05) is 0 Å². The van der Waals surface area contributed by atoms with Gasteiger partial charge in [-0.1, -0.05) is 78.9 Å². The van der Waals surface area contributed by atoms with Crippen molar-refractivity contribution in [1.82, 2.24) is 4.57 Å². The van der Waals surface area contributed by atoms with Crippen LogP contribution in [0.15, 0.2) is 84.9 Å². The second-order valence-electron chi connectivity index (χ2n) is 7.05. The average Bonchev–Trinajstić information content (AvgIpc) is 3.02. The Kier molecular flexibility index (Phi) is 2.60. The third kappa shape index (κ3) is 1.60. The molecule has 0 saturated carbocycles. The second kappa shape index (κ2) is 4.86. The van der Waals surface area contributed by atoms with E-state index in [-0.39, 0.29) is 0 Å². The standard InChI is InChI=1S/C25H17N/c1-26-22-15-14-16-8-2-3-9-17(16)23(22)24-20-12-6-4-10-18(20)19-11-5-7-13-21(19)25(24)26/h2-15H,1H3. The molecule has 1 aromatic heterocycles. The van der Waals surface area contributed by atoms with Crippen molar-refractivity contribution in [1.29, 1.82) is 0 Å². The number of benzene rings is 5. The molecule has 0 amide bonds. The number of aromatic nitrogens is 1. The van der Waals surface area contributed by atoms with Crippen molar-refractivity contribution >= 4 is 54.1 Å². The summed E-state index contributed by atoms with van der Waals surface area (Å²) in [6.45, 7) is 0. The van der Waals surface area contributed by atoms with E-state index in [4.69, 9.17) is 0 Å². The first-order valence-corrected chi connectivity index (χ1v) is 9.04. The molecule has 0 radical (unpaired) electrons. The molecule has 0 atom stereocenters. The molecule has 0 saturated heterocycles. The molecule has 1 nitrogen and oxygen atoms in total. The summed E-state index contributed by atoms with van der Waals surface area (Å²) in [7, 11) is 2.20. The highest BCUT2D eigenvalue weighted by Crippen LogP contribution is 2.42. The molecule has 0 aliphatic rings. The highest BCUT2D eigenvalue weighted by atomic mass is 14.9. The predicted octanol–water partition coefficient (Wildman–Crippen LogP) is 6.79. The largest absolute Gasteiger partial charge is 0.343 e. The quantitative estimate of drug-likeness (QED) is 0.270. The van der Waals surface area contributed by atoms with Gasteiger partial charge in [-0.25, -0.2) is 0 Å². The average molecular weight is 331 g/mol. The molecule has 0 aliphatic carbocycles. The van der Waals surface area contributed by atoms with E-state index in [1.54, 1.807) is 0 Å². The topological polar surface area (TPSA) is 4.93 Å². The van der Waals surface area contributed by atoms with E-state index in [1.165, 1.54) is 54.1 Å². The van der Waals surface area contributed by atoms with Crippen LogP contribution in [0.3, 0.4) is 0 Å². The zero-order chi connectivity index (χ0) is 17.3. The van der Waals surface area contributed by atoms with E-state index in [2.05, 4.69) is 96.5 Å². The second-order valence-corrected chi connectivity index (χ2v) is 7.05. The molecule has 5 aromatic carbocycles. The lowest BCUT2D eigenvalue weighted by molar-refractivity contribution is 1.02. The molecule has 6 aromatic rings. The summed E-state index contributed by atoms with van der Waals surface area (Å²) < 4.78 is 2.37. The predicted molar refractivity (Wildman–Crippen MR) is 113 cm³/mol. The summed E-state index contributed by atoms with van der Waals surface area (Å²) in [5.74, 6) is 0. The third-order valence-electron chi connectivity index (χ3n) is 5.76. The number of aryl methyl sites for hydroxylation is 1. The van der Waals surface area contributed by atoms with Crippen molar-refractivity contribution in [3.05, 3.63) is 84.9 Å². The van der Waals surface area contributed by atoms with Crippen LogP contribution < -0.4 is 0 Å². The van der Waals surface area contributed by atoms with Gasteiger partial charge in [-0.3, -0.25) is 0 Å². The number of rotatable bonds is 0. The normalized spacial score (nSPS) is 12.0. The summed E-state index contributed by atoms with van der Waals surface area (Å²) in [4.78, 5) is 0. The molecule has 26 heavy (non-hydrogen) atoms. The lowest BCUT2D eigenvalue weighted by Crippen LogP contribution is -1.88. The molecule has 0 spiro atoms. The van der Waals surface area contributed by atoms with Crippen LogP contribution in [0.25, 0.3) is 54.1 Å². The molecule has 1 heterocycles. The van der Waals surface area contributed by atoms with Gasteiger partial charge in [-0.2, -0.15) is 0 Å². The van der Waals surface area contributed by atoms with Crippen molar-refractivity contribution in [3.8, 4) is 0 Å². The minimum atomic E-state index is 1.29. The Morgan fingerprint density at radius 1 is 0.500 bits per heavy atom. The van der Waals surface area contributed by atoms with Crippen molar-refractivity contribution in [3.63, 3.8) is 0 Å². The van der Waals surface area contributed by atoms with E-state index >= 15 is 0 Å². The molecule has 122 valence electrons. The van der Waals surface area contributed by atoms with Gasteiger partial charge in [0.1, 0.15) is 0 Å². The summed E-state index contributed by atoms with van der Waals surface area (Å²) in [5.41, 5.74) is 2.62. The van der Waals surface area contributed by atoms with Crippen LogP contribution in [-0.2, 0) is 7.05 Å². The monoisotopic (exact) mass is 331 g/mol. The van der Waals surface area contributed by atoms with Crippen LogP contribution in [0.2, 0.25) is 0 Å². The van der Waals surface area contributed by atoms with E-state index < -0.39 is 0 Å². The molecule has 1 heteroatoms. The Hall–Kier alpha value is -3.32. The van der Waals surface area contributed by atoms with Crippen LogP contribution in [0.5, 0.6) is 0 Å². The maximum Gasteiger partial charge on any atom is 0.0575 e. The Morgan fingerprint density at radius 3 is 1.85 bits per heavy atom. The first-order chi connectivity index (χ1) is 12.8. The fraction of sp³-hybridized carbons (Fsp3) is 0.0400. The van der Waals surface area contributed by atoms with Crippen molar-refractivity contribution in [2.75, 3.05) is 0 Å². The lowest BCUT2D eigenvalue weighted by Gasteiger charge is -2.09. The molecule has 0 fully saturated rings. The van der Waals surface area contributed by atoms with Gasteiger partial charge in [-0.05, 0) is 33.0 Å². The molecule has 0 N–H and O–H groups in total. The van der Waals surface area contributed by atoms with Crippen LogP contribution in [0.4, 0.5) is 0 Å². The Labute approximate surface area is 151 Å². The Morgan fingerprint density at radius 2 is 1.08 bits per heavy atom. The molecule has 0 unspecified atom stereocenters. The van der Waals surface area contributed by atoms with Gasteiger partial charge in [0.15, 0.2) is 0 Å². The summed E-state index contributed by atoms with van der Waals surface area (Å²) in [6.07, 6.45) is 0. The SMILES string of the molecule is Cn1c2ccc3ccccc3c2c2c3ccccc3c3ccccc3c21. The van der Waals surface area contributed by atoms with Gasteiger partial charge < -0.3 is 4.57 Å². The number of hydrogen-bond donors (Lipinski definition) is 0. The molecular weight excluding hydrogens is 314 g/mol. The van der Waals surface area contributed by atoms with Crippen LogP contribution >= 0.6 is 0 Å². The van der Waals surface area contributed by atoms with Crippen molar-refractivity contribution in [2.24, 2.45) is 7.05 Å². The highest BCUT2D eigenvalue weighted by molar-refractivity contribution is 6.35. The smallest absolute Gasteiger partial charge is 0.0575 e. The number of hydrogen-bond acceptors (Lipinski definition) is 0. The van der Waals surface area contributed by atoms with Crippen LogP contribution in [-0.4, -0.2) is 4.57 Å². The summed E-state index contributed by atoms with van der Waals surface area (Å²) >= 11 is 0. The molecule has 6 rings (SSSR count). The number of fused-ring (bicyclic) bond motifs is 10. The maximum atomic E-state index is 2.37. The van der Waals surface area contributed by atoms with E-state index in [9.17, 15) is 0 Å². The van der Waals surface area contributed by atoms with Gasteiger partial charge in [0.25, 0.3) is 0 Å². The lowest BCUT2D eigenvalue weighted by atomic mass is 9.95. The van der Waals surface area contributed by atoms with Gasteiger partial charge in [0, 0.05) is 28.7 Å². The van der Waals surface area contributed by atoms with Gasteiger partial charge in [0.2, 0.25) is 0 Å². The first kappa shape index (κ1) is 13.9. The van der Waals surface area contributed by atoms with Crippen molar-refractivity contribution < 1.29 is 0 Å². The Balaban J connectivity index is 2.09. The van der Waals surface area contributed by atoms with Crippen LogP contribution in [0, 0.1) is 0 Å². The Bertz CT molecular complexity index is 1480. The zero-order valence-electron chi connectivity index (χ0n) is 14.5. The highest BCUT2D eigenvalue weighted by Gasteiger charge is 2.17. The minimum Gasteiger partial charge on any atom is -0.343 e. The minimum absolute atomic E-state index is 1.29. The van der Waals surface area contributed by atoms with Gasteiger partial charge in [0.05, 0.1) is 5.52 Å². The fourth-order valence-corrected chi connectivity index (χ4v) is 4.65. The van der Waals surface area contributed by atoms with Gasteiger partial charge >= 0.3 is 0 Å². The maximum absolute atomic E-state index is 2.37. The van der Waals surface area contributed by atoms with E-state index in [0.29, 0.717) is 0 Å². The summed E-state index contributed by atoms with van der Waals surface area (Å²) in [6, 6.07) is 30.8. The number of nitrogens with zero attached hydrogens (tertiary/aromatic N) is 1. The van der Waals surface area contributed by atoms with Crippen LogP contribution in [0.1, 0.15) is 0 Å². The molecule has 0 aliphatic heterocycles. The zero-order valence-corrected chi connectivity index (χ0v) is 14.5. The fourth-order valence-electron chi connectivity index (χ4n) is 4.65. The summed E-state index contributed by atoms with van der Waals surface area (Å²) in [5, 5.41) is 10.7. The molecule has 0 bridgehead atoms. The first-order valence-electron chi connectivity index (χ1n) is 9.04. The molecular formula is C25H17N. The van der Waals surface area contributed by atoms with Gasteiger partial charge in [-0.15, -0.1) is 0 Å². The van der Waals surface area contributed by atoms with Crippen molar-refractivity contribution in [2.45, 2.75) is 0 Å². The van der Waals surface area contributed by atoms with E-state index in [0.717, 1.165) is 0 Å². The third-order valence-corrected chi connectivity index (χ3v) is 5.76.